The molecule has 0 nitrogen and oxygen atoms in total. The predicted octanol–water partition coefficient (Wildman–Crippen LogP) is 3.90. The van der Waals surface area contributed by atoms with Crippen molar-refractivity contribution in [1.82, 2.24) is 0 Å². The monoisotopic (exact) mass is 292 g/mol. The molecule has 0 bridgehead atoms. The molecule has 1 aliphatic heterocycles. The van der Waals surface area contributed by atoms with Crippen molar-refractivity contribution in [2.75, 3.05) is 0 Å². The molecular weight excluding hydrogens is 271 g/mol. The first-order valence-corrected chi connectivity index (χ1v) is 8.26. The van der Waals surface area contributed by atoms with E-state index in [1.54, 1.807) is 4.47 Å². The average Bonchev–Trinajstić information content (AvgIpc) is 2.38. The standard InChI is InChI=1S/C16H20Se/c1-2-3-4-5-6-10-15-13-12-14-9-7-8-11-16(14)17-15/h7-13H,2-6H2,1H3/b15-10-. The number of rotatable bonds is 5. The maximum atomic E-state index is 2.45. The Kier molecular flexibility index (Phi) is 5.09. The Morgan fingerprint density at radius 3 is 2.82 bits per heavy atom. The van der Waals surface area contributed by atoms with Crippen LogP contribution in [0.5, 0.6) is 0 Å². The minimum absolute atomic E-state index is 0.524. The Hall–Kier alpha value is -0.781. The van der Waals surface area contributed by atoms with E-state index in [4.69, 9.17) is 0 Å². The van der Waals surface area contributed by atoms with Gasteiger partial charge in [0.2, 0.25) is 0 Å². The quantitative estimate of drug-likeness (QED) is 0.570. The summed E-state index contributed by atoms with van der Waals surface area (Å²) in [7, 11) is 0. The van der Waals surface area contributed by atoms with Crippen molar-refractivity contribution in [3.05, 3.63) is 46.5 Å². The van der Waals surface area contributed by atoms with Crippen molar-refractivity contribution in [3.8, 4) is 0 Å². The number of hydrogen-bond acceptors (Lipinski definition) is 0. The van der Waals surface area contributed by atoms with Crippen LogP contribution in [0.4, 0.5) is 0 Å². The van der Waals surface area contributed by atoms with Crippen molar-refractivity contribution < 1.29 is 0 Å². The summed E-state index contributed by atoms with van der Waals surface area (Å²) < 4.78 is 3.08. The minimum atomic E-state index is 0.524. The maximum absolute atomic E-state index is 2.45. The first-order valence-electron chi connectivity index (χ1n) is 6.55. The van der Waals surface area contributed by atoms with Gasteiger partial charge in [-0.2, -0.15) is 0 Å². The average molecular weight is 291 g/mol. The van der Waals surface area contributed by atoms with E-state index in [0.29, 0.717) is 15.0 Å². The van der Waals surface area contributed by atoms with E-state index >= 15 is 0 Å². The molecule has 1 aliphatic rings. The van der Waals surface area contributed by atoms with Crippen LogP contribution >= 0.6 is 0 Å². The zero-order valence-electron chi connectivity index (χ0n) is 10.5. The molecule has 0 unspecified atom stereocenters. The molecule has 0 atom stereocenters. The summed E-state index contributed by atoms with van der Waals surface area (Å²) in [5, 5.41) is 0. The summed E-state index contributed by atoms with van der Waals surface area (Å²) >= 11 is 0.524. The van der Waals surface area contributed by atoms with Gasteiger partial charge in [0.1, 0.15) is 0 Å². The van der Waals surface area contributed by atoms with Gasteiger partial charge in [0.15, 0.2) is 0 Å². The van der Waals surface area contributed by atoms with Gasteiger partial charge in [-0.3, -0.25) is 0 Å². The molecular formula is C16H20Se. The topological polar surface area (TPSA) is 0 Å². The molecule has 1 heteroatoms. The molecule has 0 spiro atoms. The van der Waals surface area contributed by atoms with Crippen LogP contribution in [0.2, 0.25) is 0 Å². The zero-order chi connectivity index (χ0) is 11.9. The van der Waals surface area contributed by atoms with Gasteiger partial charge in [-0.25, -0.2) is 0 Å². The molecule has 1 aromatic rings. The molecule has 0 aliphatic carbocycles. The fourth-order valence-corrected chi connectivity index (χ4v) is 4.05. The van der Waals surface area contributed by atoms with E-state index in [1.807, 2.05) is 0 Å². The molecule has 0 fully saturated rings. The molecule has 0 saturated heterocycles. The summed E-state index contributed by atoms with van der Waals surface area (Å²) in [6, 6.07) is 8.76. The van der Waals surface area contributed by atoms with Crippen LogP contribution in [0.3, 0.4) is 0 Å². The molecule has 0 aromatic heterocycles. The third-order valence-electron chi connectivity index (χ3n) is 2.98. The van der Waals surface area contributed by atoms with Crippen molar-refractivity contribution in [1.29, 1.82) is 0 Å². The third kappa shape index (κ3) is 3.87. The zero-order valence-corrected chi connectivity index (χ0v) is 12.2. The summed E-state index contributed by atoms with van der Waals surface area (Å²) in [6.07, 6.45) is 13.7. The molecule has 0 N–H and O–H groups in total. The SMILES string of the molecule is CCCCCC/C=C1/C=Cc2ccccc2[Se]1. The first-order chi connectivity index (χ1) is 8.40. The molecule has 17 heavy (non-hydrogen) atoms. The Labute approximate surface area is 111 Å². The van der Waals surface area contributed by atoms with E-state index < -0.39 is 0 Å². The van der Waals surface area contributed by atoms with E-state index in [0.717, 1.165) is 0 Å². The van der Waals surface area contributed by atoms with Crippen LogP contribution in [0.15, 0.2) is 40.9 Å². The van der Waals surface area contributed by atoms with E-state index in [1.165, 1.54) is 42.1 Å². The Bertz CT molecular complexity index is 415. The van der Waals surface area contributed by atoms with Crippen LogP contribution in [0, 0.1) is 0 Å². The summed E-state index contributed by atoms with van der Waals surface area (Å²) in [5.41, 5.74) is 1.41. The number of benzene rings is 1. The number of hydrogen-bond donors (Lipinski definition) is 0. The summed E-state index contributed by atoms with van der Waals surface area (Å²) in [6.45, 7) is 2.27. The van der Waals surface area contributed by atoms with Crippen LogP contribution < -0.4 is 4.46 Å². The molecule has 0 saturated carbocycles. The Balaban J connectivity index is 1.87. The van der Waals surface area contributed by atoms with Crippen LogP contribution in [-0.4, -0.2) is 15.0 Å². The molecule has 0 amide bonds. The number of unbranched alkanes of at least 4 members (excludes halogenated alkanes) is 4. The second kappa shape index (κ2) is 6.83. The second-order valence-electron chi connectivity index (χ2n) is 4.43. The van der Waals surface area contributed by atoms with E-state index in [9.17, 15) is 0 Å². The van der Waals surface area contributed by atoms with Crippen LogP contribution in [0.1, 0.15) is 44.6 Å². The molecule has 0 radical (unpaired) electrons. The number of allylic oxidation sites excluding steroid dienone is 3. The first kappa shape index (κ1) is 12.7. The van der Waals surface area contributed by atoms with Gasteiger partial charge >= 0.3 is 111 Å². The molecule has 2 rings (SSSR count). The van der Waals surface area contributed by atoms with Crippen LogP contribution in [-0.2, 0) is 0 Å². The normalized spacial score (nSPS) is 16.2. The Morgan fingerprint density at radius 1 is 1.06 bits per heavy atom. The third-order valence-corrected chi connectivity index (χ3v) is 5.35. The predicted molar refractivity (Wildman–Crippen MR) is 77.7 cm³/mol. The molecule has 90 valence electrons. The van der Waals surface area contributed by atoms with Gasteiger partial charge in [-0.1, -0.05) is 0 Å². The summed E-state index contributed by atoms with van der Waals surface area (Å²) in [5.74, 6) is 0. The van der Waals surface area contributed by atoms with E-state index in [-0.39, 0.29) is 0 Å². The summed E-state index contributed by atoms with van der Waals surface area (Å²) in [4.78, 5) is 0. The molecule has 1 aromatic carbocycles. The Morgan fingerprint density at radius 2 is 1.94 bits per heavy atom. The van der Waals surface area contributed by atoms with Gasteiger partial charge in [0.05, 0.1) is 0 Å². The fraction of sp³-hybridized carbons (Fsp3) is 0.375. The van der Waals surface area contributed by atoms with Gasteiger partial charge in [0.25, 0.3) is 0 Å². The van der Waals surface area contributed by atoms with Gasteiger partial charge in [0, 0.05) is 0 Å². The van der Waals surface area contributed by atoms with Crippen molar-refractivity contribution in [2.45, 2.75) is 39.0 Å². The number of fused-ring (bicyclic) bond motifs is 1. The van der Waals surface area contributed by atoms with Crippen molar-refractivity contribution in [2.24, 2.45) is 0 Å². The van der Waals surface area contributed by atoms with Crippen molar-refractivity contribution >= 4 is 25.5 Å². The molecule has 1 heterocycles. The van der Waals surface area contributed by atoms with E-state index in [2.05, 4.69) is 49.4 Å². The van der Waals surface area contributed by atoms with Gasteiger partial charge < -0.3 is 0 Å². The van der Waals surface area contributed by atoms with Gasteiger partial charge in [-0.05, 0) is 0 Å². The van der Waals surface area contributed by atoms with Gasteiger partial charge in [-0.15, -0.1) is 0 Å². The van der Waals surface area contributed by atoms with Crippen molar-refractivity contribution in [3.63, 3.8) is 0 Å². The fourth-order valence-electron chi connectivity index (χ4n) is 1.97. The second-order valence-corrected chi connectivity index (χ2v) is 6.77. The van der Waals surface area contributed by atoms with Crippen LogP contribution in [0.25, 0.3) is 6.08 Å².